The van der Waals surface area contributed by atoms with E-state index in [0.717, 1.165) is 4.47 Å². The van der Waals surface area contributed by atoms with Crippen LogP contribution in [0.4, 0.5) is 0 Å². The Morgan fingerprint density at radius 3 is 2.14 bits per heavy atom. The lowest BCUT2D eigenvalue weighted by atomic mass is 10.2. The lowest BCUT2D eigenvalue weighted by molar-refractivity contribution is 0.0926. The van der Waals surface area contributed by atoms with E-state index >= 15 is 0 Å². The predicted molar refractivity (Wildman–Crippen MR) is 117 cm³/mol. The van der Waals surface area contributed by atoms with Crippen molar-refractivity contribution in [2.75, 3.05) is 13.1 Å². The Bertz CT molecular complexity index is 1030. The molecule has 29 heavy (non-hydrogen) atoms. The number of benzene rings is 3. The van der Waals surface area contributed by atoms with E-state index in [4.69, 9.17) is 16.3 Å². The topological polar surface area (TPSA) is 67.4 Å². The minimum Gasteiger partial charge on any atom is -0.456 e. The van der Waals surface area contributed by atoms with Gasteiger partial charge in [-0.15, -0.1) is 0 Å². The van der Waals surface area contributed by atoms with Gasteiger partial charge >= 0.3 is 0 Å². The predicted octanol–water partition coefficient (Wildman–Crippen LogP) is 5.05. The van der Waals surface area contributed by atoms with Gasteiger partial charge in [0, 0.05) is 17.6 Å². The van der Waals surface area contributed by atoms with Crippen LogP contribution in [-0.4, -0.2) is 24.9 Å². The standard InChI is InChI=1S/C22H18BrClN2O3/c23-15-6-5-7-16(14-15)29-20-11-4-2-9-18(20)22(28)26-13-12-25-21(27)17-8-1-3-10-19(17)24/h1-11,14H,12-13H2,(H,25,27)(H,26,28). The number of para-hydroxylation sites is 1. The molecule has 3 rings (SSSR count). The maximum atomic E-state index is 12.6. The van der Waals surface area contributed by atoms with Gasteiger partial charge in [0.2, 0.25) is 0 Å². The molecule has 5 nitrogen and oxygen atoms in total. The summed E-state index contributed by atoms with van der Waals surface area (Å²) in [6.07, 6.45) is 0. The molecule has 2 N–H and O–H groups in total. The molecule has 0 aliphatic carbocycles. The van der Waals surface area contributed by atoms with E-state index < -0.39 is 0 Å². The summed E-state index contributed by atoms with van der Waals surface area (Å²) in [6, 6.07) is 21.1. The molecular formula is C22H18BrClN2O3. The Hall–Kier alpha value is -2.83. The Labute approximate surface area is 182 Å². The molecule has 148 valence electrons. The van der Waals surface area contributed by atoms with Crippen molar-refractivity contribution in [3.63, 3.8) is 0 Å². The number of carbonyl (C=O) groups excluding carboxylic acids is 2. The zero-order chi connectivity index (χ0) is 20.6. The number of amides is 2. The van der Waals surface area contributed by atoms with E-state index in [9.17, 15) is 9.59 Å². The van der Waals surface area contributed by atoms with E-state index in [0.29, 0.717) is 27.6 Å². The Morgan fingerprint density at radius 1 is 0.828 bits per heavy atom. The molecule has 0 aromatic heterocycles. The number of halogens is 2. The quantitative estimate of drug-likeness (QED) is 0.472. The van der Waals surface area contributed by atoms with Gasteiger partial charge in [-0.2, -0.15) is 0 Å². The fraction of sp³-hybridized carbons (Fsp3) is 0.0909. The molecule has 0 bridgehead atoms. The Balaban J connectivity index is 1.56. The van der Waals surface area contributed by atoms with E-state index in [2.05, 4.69) is 26.6 Å². The van der Waals surface area contributed by atoms with Crippen molar-refractivity contribution in [3.05, 3.63) is 93.4 Å². The van der Waals surface area contributed by atoms with E-state index in [1.165, 1.54) is 0 Å². The molecule has 0 saturated carbocycles. The summed E-state index contributed by atoms with van der Waals surface area (Å²) < 4.78 is 6.73. The second-order valence-electron chi connectivity index (χ2n) is 6.05. The second kappa shape index (κ2) is 10.1. The highest BCUT2D eigenvalue weighted by atomic mass is 79.9. The van der Waals surface area contributed by atoms with E-state index in [1.54, 1.807) is 48.5 Å². The molecule has 2 amide bonds. The molecule has 0 saturated heterocycles. The summed E-state index contributed by atoms with van der Waals surface area (Å²) in [5, 5.41) is 5.90. The molecule has 7 heteroatoms. The van der Waals surface area contributed by atoms with Gasteiger partial charge in [0.15, 0.2) is 0 Å². The monoisotopic (exact) mass is 472 g/mol. The van der Waals surface area contributed by atoms with Gasteiger partial charge in [0.25, 0.3) is 11.8 Å². The lowest BCUT2D eigenvalue weighted by Gasteiger charge is -2.12. The molecule has 0 aliphatic heterocycles. The van der Waals surface area contributed by atoms with Crippen LogP contribution in [0.15, 0.2) is 77.3 Å². The fourth-order valence-electron chi connectivity index (χ4n) is 2.59. The summed E-state index contributed by atoms with van der Waals surface area (Å²) >= 11 is 9.40. The van der Waals surface area contributed by atoms with Gasteiger partial charge in [-0.05, 0) is 42.5 Å². The second-order valence-corrected chi connectivity index (χ2v) is 7.37. The van der Waals surface area contributed by atoms with Crippen molar-refractivity contribution < 1.29 is 14.3 Å². The van der Waals surface area contributed by atoms with Gasteiger partial charge in [-0.25, -0.2) is 0 Å². The lowest BCUT2D eigenvalue weighted by Crippen LogP contribution is -2.34. The number of nitrogens with one attached hydrogen (secondary N) is 2. The van der Waals surface area contributed by atoms with Crippen molar-refractivity contribution in [1.82, 2.24) is 10.6 Å². The van der Waals surface area contributed by atoms with Crippen LogP contribution >= 0.6 is 27.5 Å². The summed E-state index contributed by atoms with van der Waals surface area (Å²) in [4.78, 5) is 24.7. The molecule has 3 aromatic carbocycles. The van der Waals surface area contributed by atoms with Crippen LogP contribution in [0.3, 0.4) is 0 Å². The molecule has 0 spiro atoms. The molecule has 3 aromatic rings. The van der Waals surface area contributed by atoms with Crippen LogP contribution in [0.25, 0.3) is 0 Å². The van der Waals surface area contributed by atoms with Crippen LogP contribution in [-0.2, 0) is 0 Å². The maximum absolute atomic E-state index is 12.6. The van der Waals surface area contributed by atoms with Crippen molar-refractivity contribution in [2.24, 2.45) is 0 Å². The van der Waals surface area contributed by atoms with Crippen molar-refractivity contribution in [1.29, 1.82) is 0 Å². The van der Waals surface area contributed by atoms with Crippen LogP contribution in [0.1, 0.15) is 20.7 Å². The van der Waals surface area contributed by atoms with Gasteiger partial charge < -0.3 is 15.4 Å². The molecule has 0 aliphatic rings. The van der Waals surface area contributed by atoms with Crippen molar-refractivity contribution in [3.8, 4) is 11.5 Å². The van der Waals surface area contributed by atoms with E-state index in [-0.39, 0.29) is 24.9 Å². The SMILES string of the molecule is O=C(NCCNC(=O)c1ccccc1Oc1cccc(Br)c1)c1ccccc1Cl. The largest absolute Gasteiger partial charge is 0.456 e. The number of ether oxygens (including phenoxy) is 1. The van der Waals surface area contributed by atoms with Crippen LogP contribution in [0, 0.1) is 0 Å². The van der Waals surface area contributed by atoms with Crippen molar-refractivity contribution >= 4 is 39.3 Å². The third-order valence-electron chi connectivity index (χ3n) is 3.97. The Kier molecular flexibility index (Phi) is 7.27. The molecule has 0 fully saturated rings. The summed E-state index contributed by atoms with van der Waals surface area (Å²) in [5.41, 5.74) is 0.804. The number of carbonyl (C=O) groups is 2. The molecule has 0 heterocycles. The number of hydrogen-bond donors (Lipinski definition) is 2. The van der Waals surface area contributed by atoms with E-state index in [1.807, 2.05) is 24.3 Å². The summed E-state index contributed by atoms with van der Waals surface area (Å²) in [6.45, 7) is 0.532. The highest BCUT2D eigenvalue weighted by Gasteiger charge is 2.13. The van der Waals surface area contributed by atoms with Gasteiger partial charge in [-0.3, -0.25) is 9.59 Å². The fourth-order valence-corrected chi connectivity index (χ4v) is 3.19. The average Bonchev–Trinajstić information content (AvgIpc) is 2.71. The van der Waals surface area contributed by atoms with Crippen LogP contribution in [0.5, 0.6) is 11.5 Å². The minimum atomic E-state index is -0.289. The first kappa shape index (κ1) is 20.9. The third-order valence-corrected chi connectivity index (χ3v) is 4.79. The average molecular weight is 474 g/mol. The minimum absolute atomic E-state index is 0.264. The zero-order valence-corrected chi connectivity index (χ0v) is 17.7. The number of rotatable bonds is 7. The third kappa shape index (κ3) is 5.82. The first-order valence-electron chi connectivity index (χ1n) is 8.88. The summed E-state index contributed by atoms with van der Waals surface area (Å²) in [7, 11) is 0. The van der Waals surface area contributed by atoms with Crippen LogP contribution < -0.4 is 15.4 Å². The first-order chi connectivity index (χ1) is 14.0. The number of hydrogen-bond acceptors (Lipinski definition) is 3. The smallest absolute Gasteiger partial charge is 0.255 e. The van der Waals surface area contributed by atoms with Crippen molar-refractivity contribution in [2.45, 2.75) is 0 Å². The maximum Gasteiger partial charge on any atom is 0.255 e. The molecular weight excluding hydrogens is 456 g/mol. The molecule has 0 unspecified atom stereocenters. The molecule has 0 radical (unpaired) electrons. The summed E-state index contributed by atoms with van der Waals surface area (Å²) in [5.74, 6) is 0.487. The zero-order valence-electron chi connectivity index (χ0n) is 15.3. The highest BCUT2D eigenvalue weighted by molar-refractivity contribution is 9.10. The Morgan fingerprint density at radius 2 is 1.45 bits per heavy atom. The normalized spacial score (nSPS) is 10.3. The first-order valence-corrected chi connectivity index (χ1v) is 10.0. The van der Waals surface area contributed by atoms with Gasteiger partial charge in [-0.1, -0.05) is 57.9 Å². The molecule has 0 atom stereocenters. The van der Waals surface area contributed by atoms with Gasteiger partial charge in [0.05, 0.1) is 16.1 Å². The van der Waals surface area contributed by atoms with Gasteiger partial charge in [0.1, 0.15) is 11.5 Å². The highest BCUT2D eigenvalue weighted by Crippen LogP contribution is 2.27. The van der Waals surface area contributed by atoms with Crippen LogP contribution in [0.2, 0.25) is 5.02 Å².